The maximum absolute atomic E-state index is 12.0. The molecule has 4 heteroatoms. The number of carbonyl (C=O) groups is 1. The summed E-state index contributed by atoms with van der Waals surface area (Å²) in [5.41, 5.74) is 1.02. The summed E-state index contributed by atoms with van der Waals surface area (Å²) < 4.78 is 4.96. The van der Waals surface area contributed by atoms with Crippen LogP contribution in [0.1, 0.15) is 37.7 Å². The van der Waals surface area contributed by atoms with E-state index in [1.165, 1.54) is 32.1 Å². The van der Waals surface area contributed by atoms with Crippen LogP contribution in [0, 0.1) is 0 Å². The minimum absolute atomic E-state index is 0.161. The van der Waals surface area contributed by atoms with Gasteiger partial charge in [0, 0.05) is 17.8 Å². The lowest BCUT2D eigenvalue weighted by Gasteiger charge is -2.19. The van der Waals surface area contributed by atoms with Gasteiger partial charge in [-0.05, 0) is 30.6 Å². The van der Waals surface area contributed by atoms with Gasteiger partial charge >= 0.3 is 5.97 Å². The number of hydrogen-bond donors (Lipinski definition) is 1. The summed E-state index contributed by atoms with van der Waals surface area (Å²) >= 11 is 2.05. The van der Waals surface area contributed by atoms with Gasteiger partial charge in [-0.3, -0.25) is 4.79 Å². The molecule has 1 aromatic rings. The molecule has 1 N–H and O–H groups in total. The highest BCUT2D eigenvalue weighted by molar-refractivity contribution is 7.99. The molecule has 1 fully saturated rings. The predicted octanol–water partition coefficient (Wildman–Crippen LogP) is 3.21. The zero-order chi connectivity index (χ0) is 15.1. The Bertz CT molecular complexity index is 438. The smallest absolute Gasteiger partial charge is 0.314 e. The maximum atomic E-state index is 12.0. The van der Waals surface area contributed by atoms with Crippen molar-refractivity contribution in [3.05, 3.63) is 35.9 Å². The van der Waals surface area contributed by atoms with Crippen molar-refractivity contribution >= 4 is 17.7 Å². The molecule has 0 heterocycles. The highest BCUT2D eigenvalue weighted by atomic mass is 32.2. The minimum atomic E-state index is -0.214. The lowest BCUT2D eigenvalue weighted by atomic mass is 9.99. The van der Waals surface area contributed by atoms with E-state index in [9.17, 15) is 4.79 Å². The van der Waals surface area contributed by atoms with Gasteiger partial charge in [-0.2, -0.15) is 11.8 Å². The van der Waals surface area contributed by atoms with Gasteiger partial charge in [0.2, 0.25) is 0 Å². The lowest BCUT2D eigenvalue weighted by Crippen LogP contribution is -2.34. The molecule has 1 aliphatic carbocycles. The van der Waals surface area contributed by atoms with E-state index in [2.05, 4.69) is 24.0 Å². The number of ether oxygens (including phenoxy) is 1. The van der Waals surface area contributed by atoms with Crippen LogP contribution < -0.4 is 5.32 Å². The van der Waals surface area contributed by atoms with E-state index in [1.54, 1.807) is 0 Å². The second-order valence-electron chi connectivity index (χ2n) is 5.48. The van der Waals surface area contributed by atoms with Gasteiger partial charge in [-0.25, -0.2) is 0 Å². The molecule has 0 radical (unpaired) electrons. The van der Waals surface area contributed by atoms with Crippen molar-refractivity contribution in [2.75, 3.05) is 19.4 Å². The summed E-state index contributed by atoms with van der Waals surface area (Å²) in [4.78, 5) is 12.0. The van der Waals surface area contributed by atoms with Gasteiger partial charge in [-0.1, -0.05) is 37.3 Å². The normalized spacial score (nSPS) is 23.0. The van der Waals surface area contributed by atoms with E-state index in [1.807, 2.05) is 30.3 Å². The van der Waals surface area contributed by atoms with Gasteiger partial charge in [-0.15, -0.1) is 0 Å². The van der Waals surface area contributed by atoms with Crippen LogP contribution in [0.25, 0.3) is 0 Å². The van der Waals surface area contributed by atoms with E-state index >= 15 is 0 Å². The number of thioether (sulfide) groups is 1. The predicted molar refractivity (Wildman–Crippen MR) is 88.8 cm³/mol. The number of rotatable bonds is 7. The van der Waals surface area contributed by atoms with E-state index in [0.717, 1.165) is 10.8 Å². The Morgan fingerprint density at radius 3 is 2.81 bits per heavy atom. The van der Waals surface area contributed by atoms with Gasteiger partial charge < -0.3 is 10.1 Å². The van der Waals surface area contributed by atoms with Gasteiger partial charge in [0.25, 0.3) is 0 Å². The number of benzene rings is 1. The Hall–Kier alpha value is -1.00. The fourth-order valence-corrected chi connectivity index (χ4v) is 4.10. The van der Waals surface area contributed by atoms with Crippen LogP contribution in [0.2, 0.25) is 0 Å². The second-order valence-corrected chi connectivity index (χ2v) is 7.06. The van der Waals surface area contributed by atoms with E-state index < -0.39 is 0 Å². The minimum Gasteiger partial charge on any atom is -0.469 e. The van der Waals surface area contributed by atoms with Gasteiger partial charge in [0.15, 0.2) is 0 Å². The Kier molecular flexibility index (Phi) is 6.58. The first-order valence-corrected chi connectivity index (χ1v) is 8.77. The molecule has 0 spiro atoms. The first-order valence-electron chi connectivity index (χ1n) is 7.72. The Labute approximate surface area is 131 Å². The van der Waals surface area contributed by atoms with Crippen LogP contribution in [-0.4, -0.2) is 36.7 Å². The fraction of sp³-hybridized carbons (Fsp3) is 0.588. The topological polar surface area (TPSA) is 38.3 Å². The summed E-state index contributed by atoms with van der Waals surface area (Å²) in [6.07, 6.45) is 3.70. The zero-order valence-electron chi connectivity index (χ0n) is 12.9. The molecule has 0 amide bonds. The standard InChI is InChI=1S/C17H25NO2S/c1-3-21-15-10-9-14(11-15)18-12-16(17(19)20-2)13-7-5-4-6-8-13/h4-8,14-16,18H,3,9-12H2,1-2H3. The molecule has 0 aliphatic heterocycles. The van der Waals surface area contributed by atoms with Crippen molar-refractivity contribution < 1.29 is 9.53 Å². The third-order valence-corrected chi connectivity index (χ3v) is 5.32. The second kappa shape index (κ2) is 8.44. The van der Waals surface area contributed by atoms with Crippen LogP contribution in [0.15, 0.2) is 30.3 Å². The molecule has 116 valence electrons. The molecule has 1 aromatic carbocycles. The molecular weight excluding hydrogens is 282 g/mol. The van der Waals surface area contributed by atoms with Crippen molar-refractivity contribution in [2.45, 2.75) is 43.4 Å². The van der Waals surface area contributed by atoms with Crippen molar-refractivity contribution in [1.82, 2.24) is 5.32 Å². The SMILES string of the molecule is CCSC1CCC(NCC(C(=O)OC)c2ccccc2)C1. The molecule has 3 nitrogen and oxygen atoms in total. The molecule has 3 atom stereocenters. The van der Waals surface area contributed by atoms with Crippen molar-refractivity contribution in [2.24, 2.45) is 0 Å². The monoisotopic (exact) mass is 307 g/mol. The highest BCUT2D eigenvalue weighted by Gasteiger charge is 2.27. The third kappa shape index (κ3) is 4.75. The quantitative estimate of drug-likeness (QED) is 0.785. The Morgan fingerprint density at radius 2 is 2.14 bits per heavy atom. The van der Waals surface area contributed by atoms with E-state index in [4.69, 9.17) is 4.74 Å². The summed E-state index contributed by atoms with van der Waals surface area (Å²) in [6.45, 7) is 2.87. The molecular formula is C17H25NO2S. The summed E-state index contributed by atoms with van der Waals surface area (Å²) in [5.74, 6) is 0.812. The third-order valence-electron chi connectivity index (χ3n) is 4.09. The number of hydrogen-bond acceptors (Lipinski definition) is 4. The lowest BCUT2D eigenvalue weighted by molar-refractivity contribution is -0.142. The molecule has 3 unspecified atom stereocenters. The molecule has 0 saturated heterocycles. The largest absolute Gasteiger partial charge is 0.469 e. The first-order chi connectivity index (χ1) is 10.2. The van der Waals surface area contributed by atoms with Crippen LogP contribution >= 0.6 is 11.8 Å². The fourth-order valence-electron chi connectivity index (χ4n) is 2.96. The number of nitrogens with one attached hydrogen (secondary N) is 1. The van der Waals surface area contributed by atoms with Gasteiger partial charge in [0.05, 0.1) is 13.0 Å². The summed E-state index contributed by atoms with van der Waals surface area (Å²) in [7, 11) is 1.46. The zero-order valence-corrected chi connectivity index (χ0v) is 13.7. The summed E-state index contributed by atoms with van der Waals surface area (Å²) in [6, 6.07) is 10.4. The van der Waals surface area contributed by atoms with Gasteiger partial charge in [0.1, 0.15) is 0 Å². The van der Waals surface area contributed by atoms with E-state index in [0.29, 0.717) is 12.6 Å². The van der Waals surface area contributed by atoms with Crippen molar-refractivity contribution in [3.8, 4) is 0 Å². The number of esters is 1. The molecule has 0 bridgehead atoms. The van der Waals surface area contributed by atoms with E-state index in [-0.39, 0.29) is 11.9 Å². The molecule has 21 heavy (non-hydrogen) atoms. The average Bonchev–Trinajstić information content (AvgIpc) is 2.96. The maximum Gasteiger partial charge on any atom is 0.314 e. The molecule has 1 aliphatic rings. The average molecular weight is 307 g/mol. The number of carbonyl (C=O) groups excluding carboxylic acids is 1. The first kappa shape index (κ1) is 16.4. The van der Waals surface area contributed by atoms with Crippen LogP contribution in [0.4, 0.5) is 0 Å². The highest BCUT2D eigenvalue weighted by Crippen LogP contribution is 2.30. The molecule has 1 saturated carbocycles. The van der Waals surface area contributed by atoms with Crippen LogP contribution in [0.3, 0.4) is 0 Å². The van der Waals surface area contributed by atoms with Crippen LogP contribution in [-0.2, 0) is 9.53 Å². The van der Waals surface area contributed by atoms with Crippen LogP contribution in [0.5, 0.6) is 0 Å². The Balaban J connectivity index is 1.90. The van der Waals surface area contributed by atoms with Crippen molar-refractivity contribution in [3.63, 3.8) is 0 Å². The Morgan fingerprint density at radius 1 is 1.38 bits per heavy atom. The molecule has 0 aromatic heterocycles. The molecule has 2 rings (SSSR count). The number of methoxy groups -OCH3 is 1. The summed E-state index contributed by atoms with van der Waals surface area (Å²) in [5, 5.41) is 4.35. The van der Waals surface area contributed by atoms with Crippen molar-refractivity contribution in [1.29, 1.82) is 0 Å².